The highest BCUT2D eigenvalue weighted by Gasteiger charge is 2.14. The van der Waals surface area contributed by atoms with Crippen LogP contribution in [-0.4, -0.2) is 16.2 Å². The Labute approximate surface area is 174 Å². The molecule has 144 valence electrons. The Morgan fingerprint density at radius 2 is 1.79 bits per heavy atom. The molecule has 0 aliphatic heterocycles. The van der Waals surface area contributed by atoms with Crippen molar-refractivity contribution >= 4 is 40.2 Å². The average Bonchev–Trinajstić information content (AvgIpc) is 2.77. The molecule has 0 amide bonds. The summed E-state index contributed by atoms with van der Waals surface area (Å²) < 4.78 is 5.88. The summed E-state index contributed by atoms with van der Waals surface area (Å²) in [6.07, 6.45) is 3.24. The molecule has 0 aliphatic carbocycles. The predicted molar refractivity (Wildman–Crippen MR) is 118 cm³/mol. The molecule has 6 heteroatoms. The van der Waals surface area contributed by atoms with E-state index in [9.17, 15) is 0 Å². The van der Waals surface area contributed by atoms with Crippen molar-refractivity contribution in [2.75, 3.05) is 5.01 Å². The van der Waals surface area contributed by atoms with E-state index in [2.05, 4.69) is 15.1 Å². The summed E-state index contributed by atoms with van der Waals surface area (Å²) in [5, 5.41) is 7.78. The summed E-state index contributed by atoms with van der Waals surface area (Å²) in [6, 6.07) is 23.4. The second-order valence-electron chi connectivity index (χ2n) is 6.31. The van der Waals surface area contributed by atoms with Crippen molar-refractivity contribution in [3.8, 4) is 5.75 Å². The van der Waals surface area contributed by atoms with Gasteiger partial charge < -0.3 is 4.74 Å². The van der Waals surface area contributed by atoms with Crippen LogP contribution in [0.1, 0.15) is 12.5 Å². The Morgan fingerprint density at radius 1 is 1.00 bits per heavy atom. The third-order valence-corrected chi connectivity index (χ3v) is 4.57. The van der Waals surface area contributed by atoms with Crippen molar-refractivity contribution in [1.82, 2.24) is 9.97 Å². The first-order valence-electron chi connectivity index (χ1n) is 9.20. The van der Waals surface area contributed by atoms with Crippen molar-refractivity contribution in [2.24, 2.45) is 5.10 Å². The average molecular weight is 403 g/mol. The Bertz CT molecular complexity index is 1130. The van der Waals surface area contributed by atoms with Gasteiger partial charge >= 0.3 is 0 Å². The van der Waals surface area contributed by atoms with E-state index in [1.54, 1.807) is 11.2 Å². The molecule has 0 fully saturated rings. The first kappa shape index (κ1) is 18.9. The van der Waals surface area contributed by atoms with Gasteiger partial charge in [0.25, 0.3) is 0 Å². The summed E-state index contributed by atoms with van der Waals surface area (Å²) in [6.45, 7) is 2.39. The number of anilines is 2. The number of nitrogens with zero attached hydrogens (tertiary/aromatic N) is 4. The van der Waals surface area contributed by atoms with Crippen LogP contribution in [0, 0.1) is 0 Å². The number of hydrazone groups is 1. The van der Waals surface area contributed by atoms with Crippen LogP contribution in [0.25, 0.3) is 10.9 Å². The van der Waals surface area contributed by atoms with E-state index >= 15 is 0 Å². The molecule has 29 heavy (non-hydrogen) atoms. The Kier molecular flexibility index (Phi) is 5.68. The number of hydrogen-bond acceptors (Lipinski definition) is 5. The quantitative estimate of drug-likeness (QED) is 0.293. The monoisotopic (exact) mass is 402 g/mol. The second-order valence-corrected chi connectivity index (χ2v) is 6.75. The smallest absolute Gasteiger partial charge is 0.165 e. The molecule has 4 aromatic rings. The molecule has 0 saturated heterocycles. The molecule has 0 unspecified atom stereocenters. The Morgan fingerprint density at radius 3 is 2.55 bits per heavy atom. The van der Waals surface area contributed by atoms with Gasteiger partial charge in [0.15, 0.2) is 5.82 Å². The zero-order chi connectivity index (χ0) is 20.1. The number of benzene rings is 3. The van der Waals surface area contributed by atoms with Gasteiger partial charge in [-0.2, -0.15) is 5.10 Å². The van der Waals surface area contributed by atoms with Gasteiger partial charge in [0.2, 0.25) is 0 Å². The lowest BCUT2D eigenvalue weighted by atomic mass is 10.2. The predicted octanol–water partition coefficient (Wildman–Crippen LogP) is 6.01. The minimum absolute atomic E-state index is 0.522. The number of aromatic nitrogens is 2. The van der Waals surface area contributed by atoms with Crippen LogP contribution in [0.2, 0.25) is 5.02 Å². The summed E-state index contributed by atoms with van der Waals surface area (Å²) in [5.41, 5.74) is 2.76. The fraction of sp³-hybridized carbons (Fsp3) is 0.0870. The van der Waals surface area contributed by atoms with Crippen molar-refractivity contribution in [1.29, 1.82) is 0 Å². The van der Waals surface area contributed by atoms with E-state index in [0.29, 0.717) is 17.4 Å². The SMILES string of the molecule is CC=NN(c1ccc(OCc2ccccc2)cc1)c1ncnc2cc(Cl)ccc12. The molecule has 4 rings (SSSR count). The molecule has 3 aromatic carbocycles. The summed E-state index contributed by atoms with van der Waals surface area (Å²) in [7, 11) is 0. The Hall–Kier alpha value is -3.44. The molecule has 0 N–H and O–H groups in total. The minimum atomic E-state index is 0.522. The maximum absolute atomic E-state index is 6.10. The van der Waals surface area contributed by atoms with Gasteiger partial charge in [-0.1, -0.05) is 41.9 Å². The molecule has 0 spiro atoms. The normalized spacial score (nSPS) is 11.1. The van der Waals surface area contributed by atoms with E-state index in [-0.39, 0.29) is 0 Å². The first-order chi connectivity index (χ1) is 14.2. The summed E-state index contributed by atoms with van der Waals surface area (Å²) in [5.74, 6) is 1.47. The highest BCUT2D eigenvalue weighted by atomic mass is 35.5. The second kappa shape index (κ2) is 8.71. The zero-order valence-corrected chi connectivity index (χ0v) is 16.6. The van der Waals surface area contributed by atoms with Crippen LogP contribution in [0.4, 0.5) is 11.5 Å². The van der Waals surface area contributed by atoms with E-state index in [4.69, 9.17) is 16.3 Å². The van der Waals surface area contributed by atoms with Crippen LogP contribution in [0.3, 0.4) is 0 Å². The molecular weight excluding hydrogens is 384 g/mol. The van der Waals surface area contributed by atoms with Gasteiger partial charge in [-0.05, 0) is 55.0 Å². The fourth-order valence-electron chi connectivity index (χ4n) is 2.97. The van der Waals surface area contributed by atoms with Gasteiger partial charge in [0.05, 0.1) is 11.2 Å². The lowest BCUT2D eigenvalue weighted by Gasteiger charge is -2.19. The first-order valence-corrected chi connectivity index (χ1v) is 9.58. The van der Waals surface area contributed by atoms with Gasteiger partial charge in [-0.15, -0.1) is 0 Å². The lowest BCUT2D eigenvalue weighted by Crippen LogP contribution is -2.11. The third kappa shape index (κ3) is 4.36. The molecule has 0 atom stereocenters. The standard InChI is InChI=1S/C23H19ClN4O/c1-2-27-28(23-21-13-8-18(24)14-22(21)25-16-26-23)19-9-11-20(12-10-19)29-15-17-6-4-3-5-7-17/h2-14,16H,15H2,1H3. The molecule has 1 aromatic heterocycles. The van der Waals surface area contributed by atoms with Crippen LogP contribution in [0.15, 0.2) is 84.2 Å². The molecule has 5 nitrogen and oxygen atoms in total. The molecule has 0 saturated carbocycles. The van der Waals surface area contributed by atoms with Crippen LogP contribution < -0.4 is 9.75 Å². The zero-order valence-electron chi connectivity index (χ0n) is 15.9. The molecule has 0 radical (unpaired) electrons. The van der Waals surface area contributed by atoms with E-state index in [1.807, 2.05) is 79.7 Å². The van der Waals surface area contributed by atoms with Gasteiger partial charge in [0.1, 0.15) is 18.7 Å². The van der Waals surface area contributed by atoms with Crippen LogP contribution >= 0.6 is 11.6 Å². The van der Waals surface area contributed by atoms with Crippen molar-refractivity contribution < 1.29 is 4.74 Å². The maximum atomic E-state index is 6.10. The maximum Gasteiger partial charge on any atom is 0.165 e. The summed E-state index contributed by atoms with van der Waals surface area (Å²) in [4.78, 5) is 8.77. The Balaban J connectivity index is 1.61. The van der Waals surface area contributed by atoms with Crippen molar-refractivity contribution in [3.05, 3.63) is 89.7 Å². The highest BCUT2D eigenvalue weighted by Crippen LogP contribution is 2.32. The molecular formula is C23H19ClN4O. The highest BCUT2D eigenvalue weighted by molar-refractivity contribution is 6.31. The third-order valence-electron chi connectivity index (χ3n) is 4.34. The van der Waals surface area contributed by atoms with Gasteiger partial charge in [-0.3, -0.25) is 0 Å². The number of fused-ring (bicyclic) bond motifs is 1. The van der Waals surface area contributed by atoms with Crippen LogP contribution in [0.5, 0.6) is 5.75 Å². The summed E-state index contributed by atoms with van der Waals surface area (Å²) >= 11 is 6.10. The molecule has 0 bridgehead atoms. The number of ether oxygens (including phenoxy) is 1. The molecule has 0 aliphatic rings. The van der Waals surface area contributed by atoms with E-state index < -0.39 is 0 Å². The number of rotatable bonds is 6. The van der Waals surface area contributed by atoms with Crippen molar-refractivity contribution in [3.63, 3.8) is 0 Å². The lowest BCUT2D eigenvalue weighted by molar-refractivity contribution is 0.306. The van der Waals surface area contributed by atoms with Crippen molar-refractivity contribution in [2.45, 2.75) is 13.5 Å². The van der Waals surface area contributed by atoms with E-state index in [0.717, 1.165) is 27.9 Å². The van der Waals surface area contributed by atoms with E-state index in [1.165, 1.54) is 6.33 Å². The number of hydrogen-bond donors (Lipinski definition) is 0. The topological polar surface area (TPSA) is 50.6 Å². The van der Waals surface area contributed by atoms with Gasteiger partial charge in [-0.25, -0.2) is 15.0 Å². The van der Waals surface area contributed by atoms with Gasteiger partial charge in [0, 0.05) is 16.6 Å². The largest absolute Gasteiger partial charge is 0.489 e. The minimum Gasteiger partial charge on any atom is -0.489 e. The van der Waals surface area contributed by atoms with Crippen LogP contribution in [-0.2, 0) is 6.61 Å². The molecule has 1 heterocycles. The fourth-order valence-corrected chi connectivity index (χ4v) is 3.13. The number of halogens is 1.